The molecule has 1 aromatic rings. The minimum atomic E-state index is -1.19. The summed E-state index contributed by atoms with van der Waals surface area (Å²) in [6, 6.07) is 5.03. The van der Waals surface area contributed by atoms with Crippen LogP contribution in [0, 0.1) is 20.9 Å². The summed E-state index contributed by atoms with van der Waals surface area (Å²) in [5.41, 5.74) is 1.27. The highest BCUT2D eigenvalue weighted by Crippen LogP contribution is 2.41. The van der Waals surface area contributed by atoms with E-state index in [2.05, 4.69) is 47.2 Å². The standard InChI is InChI=1S/C24H38BNO4S/c1-9-24(25,16-23(7,8)31)20(27)30-14-18-17(11-10-12-19(18)26(28)29)13-22(5,6)15-21(2,3)4/h10-12,31H,9,13-16H2,1-8H3. The van der Waals surface area contributed by atoms with Gasteiger partial charge in [-0.1, -0.05) is 67.5 Å². The fourth-order valence-corrected chi connectivity index (χ4v) is 4.82. The van der Waals surface area contributed by atoms with Crippen LogP contribution in [0.5, 0.6) is 0 Å². The molecule has 1 rings (SSSR count). The number of nitro groups is 1. The minimum absolute atomic E-state index is 0.0366. The number of hydrogen-bond acceptors (Lipinski definition) is 5. The molecular formula is C24H38BNO4S. The Kier molecular flexibility index (Phi) is 8.86. The van der Waals surface area contributed by atoms with E-state index in [4.69, 9.17) is 12.6 Å². The van der Waals surface area contributed by atoms with Crippen molar-refractivity contribution in [2.24, 2.45) is 10.8 Å². The second-order valence-electron chi connectivity index (χ2n) is 11.3. The van der Waals surface area contributed by atoms with Crippen molar-refractivity contribution in [3.63, 3.8) is 0 Å². The number of nitro benzene ring substituents is 1. The van der Waals surface area contributed by atoms with E-state index in [0.29, 0.717) is 24.8 Å². The zero-order chi connectivity index (χ0) is 24.3. The average molecular weight is 447 g/mol. The lowest BCUT2D eigenvalue weighted by Gasteiger charge is -2.34. The number of esters is 1. The summed E-state index contributed by atoms with van der Waals surface area (Å²) in [4.78, 5) is 24.1. The first-order valence-corrected chi connectivity index (χ1v) is 11.3. The van der Waals surface area contributed by atoms with Gasteiger partial charge in [0.15, 0.2) is 0 Å². The van der Waals surface area contributed by atoms with Gasteiger partial charge in [-0.05, 0) is 42.1 Å². The van der Waals surface area contributed by atoms with Gasteiger partial charge in [-0.15, -0.1) is 0 Å². The van der Waals surface area contributed by atoms with Crippen molar-refractivity contribution < 1.29 is 14.5 Å². The van der Waals surface area contributed by atoms with Crippen LogP contribution in [-0.4, -0.2) is 23.5 Å². The zero-order valence-corrected chi connectivity index (χ0v) is 21.3. The monoisotopic (exact) mass is 447 g/mol. The Bertz CT molecular complexity index is 796. The summed E-state index contributed by atoms with van der Waals surface area (Å²) < 4.78 is 5.12. The Morgan fingerprint density at radius 1 is 1.13 bits per heavy atom. The van der Waals surface area contributed by atoms with Crippen molar-refractivity contribution in [3.05, 3.63) is 39.4 Å². The van der Waals surface area contributed by atoms with Gasteiger partial charge in [0.25, 0.3) is 5.69 Å². The second-order valence-corrected chi connectivity index (χ2v) is 12.5. The summed E-state index contributed by atoms with van der Waals surface area (Å²) in [6.07, 6.45) is 2.31. The highest BCUT2D eigenvalue weighted by atomic mass is 32.1. The predicted octanol–water partition coefficient (Wildman–Crippen LogP) is 6.48. The van der Waals surface area contributed by atoms with Crippen molar-refractivity contribution in [1.82, 2.24) is 0 Å². The first kappa shape index (κ1) is 27.5. The van der Waals surface area contributed by atoms with Gasteiger partial charge >= 0.3 is 5.97 Å². The van der Waals surface area contributed by atoms with Gasteiger partial charge in [0, 0.05) is 16.1 Å². The molecule has 0 aliphatic carbocycles. The van der Waals surface area contributed by atoms with Crippen molar-refractivity contribution in [2.75, 3.05) is 0 Å². The molecule has 5 nitrogen and oxygen atoms in total. The Morgan fingerprint density at radius 2 is 1.71 bits per heavy atom. The Balaban J connectivity index is 3.21. The first-order valence-electron chi connectivity index (χ1n) is 10.8. The molecule has 0 aromatic heterocycles. The zero-order valence-electron chi connectivity index (χ0n) is 20.4. The van der Waals surface area contributed by atoms with Crippen molar-refractivity contribution in [3.8, 4) is 0 Å². The average Bonchev–Trinajstić information content (AvgIpc) is 2.55. The smallest absolute Gasteiger partial charge is 0.303 e. The molecule has 0 amide bonds. The Morgan fingerprint density at radius 3 is 2.16 bits per heavy atom. The lowest BCUT2D eigenvalue weighted by atomic mass is 9.62. The van der Waals surface area contributed by atoms with Crippen LogP contribution in [0.3, 0.4) is 0 Å². The van der Waals surface area contributed by atoms with E-state index < -0.39 is 21.0 Å². The molecule has 0 aliphatic rings. The third-order valence-electron chi connectivity index (χ3n) is 5.26. The van der Waals surface area contributed by atoms with Gasteiger partial charge < -0.3 is 4.74 Å². The molecule has 0 heterocycles. The molecule has 7 heteroatoms. The molecule has 0 saturated carbocycles. The third-order valence-corrected chi connectivity index (χ3v) is 5.41. The van der Waals surface area contributed by atoms with Crippen LogP contribution in [-0.2, 0) is 22.6 Å². The maximum atomic E-state index is 12.9. The minimum Gasteiger partial charge on any atom is -0.461 e. The van der Waals surface area contributed by atoms with E-state index in [-0.39, 0.29) is 23.1 Å². The molecule has 0 N–H and O–H groups in total. The van der Waals surface area contributed by atoms with E-state index in [1.54, 1.807) is 6.07 Å². The fourth-order valence-electron chi connectivity index (χ4n) is 4.53. The summed E-state index contributed by atoms with van der Waals surface area (Å²) in [7, 11) is 6.34. The van der Waals surface area contributed by atoms with E-state index >= 15 is 0 Å². The molecule has 0 spiro atoms. The second kappa shape index (κ2) is 9.97. The molecular weight excluding hydrogens is 409 g/mol. The molecule has 1 atom stereocenters. The van der Waals surface area contributed by atoms with E-state index in [9.17, 15) is 14.9 Å². The van der Waals surface area contributed by atoms with Crippen LogP contribution >= 0.6 is 12.6 Å². The molecule has 0 aliphatic heterocycles. The van der Waals surface area contributed by atoms with Crippen LogP contribution in [0.1, 0.15) is 85.8 Å². The summed E-state index contributed by atoms with van der Waals surface area (Å²) in [5, 5.41) is 10.5. The van der Waals surface area contributed by atoms with Crippen LogP contribution < -0.4 is 0 Å². The van der Waals surface area contributed by atoms with Crippen molar-refractivity contribution in [2.45, 2.75) is 97.7 Å². The maximum absolute atomic E-state index is 12.9. The maximum Gasteiger partial charge on any atom is 0.303 e. The SMILES string of the molecule is [B]C(CC)(CC(C)(C)S)C(=O)OCc1c(CC(C)(C)CC(C)(C)C)cccc1[N+](=O)[O-]. The predicted molar refractivity (Wildman–Crippen MR) is 131 cm³/mol. The van der Waals surface area contributed by atoms with Crippen LogP contribution in [0.2, 0.25) is 5.31 Å². The molecule has 1 unspecified atom stereocenters. The topological polar surface area (TPSA) is 69.4 Å². The van der Waals surface area contributed by atoms with Gasteiger partial charge in [0.2, 0.25) is 0 Å². The van der Waals surface area contributed by atoms with Crippen molar-refractivity contribution in [1.29, 1.82) is 0 Å². The molecule has 0 bridgehead atoms. The lowest BCUT2D eigenvalue weighted by Crippen LogP contribution is -2.32. The quantitative estimate of drug-likeness (QED) is 0.147. The Labute approximate surface area is 194 Å². The summed E-state index contributed by atoms with van der Waals surface area (Å²) >= 11 is 4.50. The molecule has 31 heavy (non-hydrogen) atoms. The van der Waals surface area contributed by atoms with Crippen LogP contribution in [0.4, 0.5) is 5.69 Å². The summed E-state index contributed by atoms with van der Waals surface area (Å²) in [6.45, 7) is 16.3. The molecule has 172 valence electrons. The third kappa shape index (κ3) is 8.87. The van der Waals surface area contributed by atoms with Gasteiger partial charge in [-0.3, -0.25) is 14.9 Å². The number of hydrogen-bond donors (Lipinski definition) is 1. The number of benzene rings is 1. The largest absolute Gasteiger partial charge is 0.461 e. The number of ether oxygens (including phenoxy) is 1. The van der Waals surface area contributed by atoms with Gasteiger partial charge in [-0.25, -0.2) is 0 Å². The van der Waals surface area contributed by atoms with E-state index in [1.807, 2.05) is 26.8 Å². The highest BCUT2D eigenvalue weighted by Gasteiger charge is 2.37. The van der Waals surface area contributed by atoms with Crippen LogP contribution in [0.25, 0.3) is 0 Å². The number of thiol groups is 1. The first-order chi connectivity index (χ1) is 13.9. The van der Waals surface area contributed by atoms with E-state index in [1.165, 1.54) is 6.07 Å². The summed E-state index contributed by atoms with van der Waals surface area (Å²) in [5.74, 6) is -0.560. The van der Waals surface area contributed by atoms with Crippen molar-refractivity contribution >= 4 is 32.1 Å². The highest BCUT2D eigenvalue weighted by molar-refractivity contribution is 7.81. The molecule has 1 aromatic carbocycles. The van der Waals surface area contributed by atoms with Gasteiger partial charge in [0.05, 0.1) is 18.3 Å². The normalized spacial score (nSPS) is 14.7. The molecule has 2 radical (unpaired) electrons. The fraction of sp³-hybridized carbons (Fsp3) is 0.708. The van der Waals surface area contributed by atoms with Gasteiger partial charge in [-0.2, -0.15) is 12.6 Å². The number of nitrogens with zero attached hydrogens (tertiary/aromatic N) is 1. The molecule has 0 fully saturated rings. The molecule has 0 saturated heterocycles. The van der Waals surface area contributed by atoms with Gasteiger partial charge in [0.1, 0.15) is 6.61 Å². The number of carbonyl (C=O) groups excluding carboxylic acids is 1. The number of carbonyl (C=O) groups is 1. The lowest BCUT2D eigenvalue weighted by molar-refractivity contribution is -0.385. The van der Waals surface area contributed by atoms with Crippen LogP contribution in [0.15, 0.2) is 18.2 Å². The van der Waals surface area contributed by atoms with E-state index in [0.717, 1.165) is 12.0 Å². The number of rotatable bonds is 10. The Hall–Kier alpha value is -1.50.